The first-order chi connectivity index (χ1) is 15.5. The molecule has 6 heteroatoms. The van der Waals surface area contributed by atoms with Crippen molar-refractivity contribution in [3.05, 3.63) is 83.7 Å². The summed E-state index contributed by atoms with van der Waals surface area (Å²) >= 11 is 1.49. The monoisotopic (exact) mass is 449 g/mol. The highest BCUT2D eigenvalue weighted by molar-refractivity contribution is 8.00. The van der Waals surface area contributed by atoms with Gasteiger partial charge in [0.25, 0.3) is 0 Å². The van der Waals surface area contributed by atoms with E-state index in [1.165, 1.54) is 29.1 Å². The molecule has 3 aromatic carbocycles. The summed E-state index contributed by atoms with van der Waals surface area (Å²) in [5.74, 6) is -0.161. The molecule has 0 bridgehead atoms. The molecule has 1 aliphatic heterocycles. The Balaban J connectivity index is 1.31. The number of amides is 1. The third kappa shape index (κ3) is 5.43. The topological polar surface area (TPSA) is 35.6 Å². The van der Waals surface area contributed by atoms with Crippen molar-refractivity contribution in [2.45, 2.75) is 18.7 Å². The van der Waals surface area contributed by atoms with Gasteiger partial charge in [-0.25, -0.2) is 4.39 Å². The normalized spacial score (nSPS) is 13.8. The Kier molecular flexibility index (Phi) is 7.00. The third-order valence-corrected chi connectivity index (χ3v) is 6.84. The van der Waals surface area contributed by atoms with Crippen LogP contribution in [0.2, 0.25) is 0 Å². The smallest absolute Gasteiger partial charge is 0.234 e. The molecule has 1 fully saturated rings. The Morgan fingerprint density at radius 3 is 2.34 bits per heavy atom. The number of aryl methyl sites for hydroxylation is 2. The first-order valence-corrected chi connectivity index (χ1v) is 11.8. The maximum absolute atomic E-state index is 14.8. The van der Waals surface area contributed by atoms with Crippen molar-refractivity contribution >= 4 is 34.7 Å². The zero-order chi connectivity index (χ0) is 22.5. The SMILES string of the molecule is Cc1ccc(SCC(=O)Nc2ccc(N3CCN(c4ccccc4)CC3)c(F)c2)c(C)c1. The molecule has 1 heterocycles. The van der Waals surface area contributed by atoms with Crippen LogP contribution < -0.4 is 15.1 Å². The number of carbonyl (C=O) groups is 1. The van der Waals surface area contributed by atoms with Gasteiger partial charge < -0.3 is 15.1 Å². The maximum Gasteiger partial charge on any atom is 0.234 e. The molecular weight excluding hydrogens is 421 g/mol. The lowest BCUT2D eigenvalue weighted by Gasteiger charge is -2.37. The van der Waals surface area contributed by atoms with Crippen LogP contribution >= 0.6 is 11.8 Å². The second-order valence-corrected chi connectivity index (χ2v) is 9.10. The minimum atomic E-state index is -0.307. The van der Waals surface area contributed by atoms with Gasteiger partial charge in [-0.1, -0.05) is 35.9 Å². The van der Waals surface area contributed by atoms with Gasteiger partial charge >= 0.3 is 0 Å². The standard InChI is InChI=1S/C26H28FN3OS/c1-19-8-11-25(20(2)16-19)32-18-26(31)28-21-9-10-24(23(27)17-21)30-14-12-29(13-15-30)22-6-4-3-5-7-22/h3-11,16-17H,12-15,18H2,1-2H3,(H,28,31). The molecule has 1 saturated heterocycles. The van der Waals surface area contributed by atoms with Crippen LogP contribution in [0.3, 0.4) is 0 Å². The van der Waals surface area contributed by atoms with E-state index in [0.29, 0.717) is 11.4 Å². The fourth-order valence-electron chi connectivity index (χ4n) is 3.99. The van der Waals surface area contributed by atoms with E-state index in [1.807, 2.05) is 37.3 Å². The lowest BCUT2D eigenvalue weighted by atomic mass is 10.2. The number of piperazine rings is 1. The van der Waals surface area contributed by atoms with Crippen molar-refractivity contribution < 1.29 is 9.18 Å². The summed E-state index contributed by atoms with van der Waals surface area (Å²) in [6.45, 7) is 7.29. The number of benzene rings is 3. The molecular formula is C26H28FN3OS. The quantitative estimate of drug-likeness (QED) is 0.504. The Hall–Kier alpha value is -2.99. The molecule has 0 aliphatic carbocycles. The van der Waals surface area contributed by atoms with Gasteiger partial charge in [0.15, 0.2) is 0 Å². The summed E-state index contributed by atoms with van der Waals surface area (Å²) in [4.78, 5) is 17.8. The molecule has 0 unspecified atom stereocenters. The number of nitrogens with one attached hydrogen (secondary N) is 1. The number of anilines is 3. The second kappa shape index (κ2) is 10.1. The minimum Gasteiger partial charge on any atom is -0.368 e. The number of hydrogen-bond acceptors (Lipinski definition) is 4. The zero-order valence-electron chi connectivity index (χ0n) is 18.5. The molecule has 0 saturated carbocycles. The molecule has 166 valence electrons. The highest BCUT2D eigenvalue weighted by atomic mass is 32.2. The van der Waals surface area contributed by atoms with E-state index in [2.05, 4.69) is 40.2 Å². The highest BCUT2D eigenvalue weighted by Crippen LogP contribution is 2.27. The lowest BCUT2D eigenvalue weighted by Crippen LogP contribution is -2.46. The molecule has 32 heavy (non-hydrogen) atoms. The molecule has 4 nitrogen and oxygen atoms in total. The van der Waals surface area contributed by atoms with Crippen LogP contribution in [-0.4, -0.2) is 37.8 Å². The highest BCUT2D eigenvalue weighted by Gasteiger charge is 2.20. The van der Waals surface area contributed by atoms with Crippen molar-refractivity contribution in [3.63, 3.8) is 0 Å². The van der Waals surface area contributed by atoms with Crippen molar-refractivity contribution in [2.75, 3.05) is 47.0 Å². The first-order valence-electron chi connectivity index (χ1n) is 10.8. The van der Waals surface area contributed by atoms with Crippen LogP contribution in [0.4, 0.5) is 21.5 Å². The molecule has 0 spiro atoms. The Morgan fingerprint density at radius 1 is 0.938 bits per heavy atom. The number of rotatable bonds is 6. The molecule has 4 rings (SSSR count). The van der Waals surface area contributed by atoms with E-state index >= 15 is 0 Å². The van der Waals surface area contributed by atoms with Crippen LogP contribution in [0.1, 0.15) is 11.1 Å². The van der Waals surface area contributed by atoms with Gasteiger partial charge in [-0.05, 0) is 55.8 Å². The Bertz CT molecular complexity index is 1080. The van der Waals surface area contributed by atoms with Crippen LogP contribution in [0, 0.1) is 19.7 Å². The average molecular weight is 450 g/mol. The molecule has 1 amide bonds. The molecule has 1 N–H and O–H groups in total. The predicted molar refractivity (Wildman–Crippen MR) is 133 cm³/mol. The van der Waals surface area contributed by atoms with E-state index in [1.54, 1.807) is 12.1 Å². The summed E-state index contributed by atoms with van der Waals surface area (Å²) in [6, 6.07) is 21.4. The first kappa shape index (κ1) is 22.2. The van der Waals surface area contributed by atoms with Crippen molar-refractivity contribution in [3.8, 4) is 0 Å². The van der Waals surface area contributed by atoms with Crippen molar-refractivity contribution in [2.24, 2.45) is 0 Å². The van der Waals surface area contributed by atoms with Gasteiger partial charge in [-0.15, -0.1) is 11.8 Å². The fourth-order valence-corrected chi connectivity index (χ4v) is 4.80. The third-order valence-electron chi connectivity index (χ3n) is 5.66. The van der Waals surface area contributed by atoms with Crippen molar-refractivity contribution in [1.82, 2.24) is 0 Å². The van der Waals surface area contributed by atoms with E-state index < -0.39 is 0 Å². The Labute approximate surface area is 193 Å². The summed E-state index contributed by atoms with van der Waals surface area (Å²) < 4.78 is 14.8. The van der Waals surface area contributed by atoms with Crippen LogP contribution in [0.15, 0.2) is 71.6 Å². The van der Waals surface area contributed by atoms with Gasteiger partial charge in [0, 0.05) is 42.4 Å². The van der Waals surface area contributed by atoms with Crippen LogP contribution in [-0.2, 0) is 4.79 Å². The predicted octanol–water partition coefficient (Wildman–Crippen LogP) is 5.50. The summed E-state index contributed by atoms with van der Waals surface area (Å²) in [5.41, 5.74) is 4.63. The van der Waals surface area contributed by atoms with Gasteiger partial charge in [-0.3, -0.25) is 4.79 Å². The number of para-hydroxylation sites is 1. The fraction of sp³-hybridized carbons (Fsp3) is 0.269. The average Bonchev–Trinajstić information content (AvgIpc) is 2.79. The number of hydrogen-bond donors (Lipinski definition) is 1. The van der Waals surface area contributed by atoms with Crippen LogP contribution in [0.5, 0.6) is 0 Å². The lowest BCUT2D eigenvalue weighted by molar-refractivity contribution is -0.113. The molecule has 0 aromatic heterocycles. The zero-order valence-corrected chi connectivity index (χ0v) is 19.3. The van der Waals surface area contributed by atoms with Gasteiger partial charge in [0.2, 0.25) is 5.91 Å². The molecule has 0 radical (unpaired) electrons. The van der Waals surface area contributed by atoms with Crippen LogP contribution in [0.25, 0.3) is 0 Å². The molecule has 3 aromatic rings. The van der Waals surface area contributed by atoms with E-state index in [-0.39, 0.29) is 17.5 Å². The van der Waals surface area contributed by atoms with E-state index in [4.69, 9.17) is 0 Å². The largest absolute Gasteiger partial charge is 0.368 e. The number of thioether (sulfide) groups is 1. The molecule has 0 atom stereocenters. The molecule has 1 aliphatic rings. The second-order valence-electron chi connectivity index (χ2n) is 8.08. The number of nitrogens with zero attached hydrogens (tertiary/aromatic N) is 2. The minimum absolute atomic E-state index is 0.140. The summed E-state index contributed by atoms with van der Waals surface area (Å²) in [5, 5.41) is 2.82. The van der Waals surface area contributed by atoms with Gasteiger partial charge in [-0.2, -0.15) is 0 Å². The summed E-state index contributed by atoms with van der Waals surface area (Å²) in [6.07, 6.45) is 0. The number of halogens is 1. The van der Waals surface area contributed by atoms with Crippen molar-refractivity contribution in [1.29, 1.82) is 0 Å². The van der Waals surface area contributed by atoms with E-state index in [9.17, 15) is 9.18 Å². The van der Waals surface area contributed by atoms with Gasteiger partial charge in [0.1, 0.15) is 5.82 Å². The van der Waals surface area contributed by atoms with Gasteiger partial charge in [0.05, 0.1) is 11.4 Å². The Morgan fingerprint density at radius 2 is 1.66 bits per heavy atom. The van der Waals surface area contributed by atoms with E-state index in [0.717, 1.165) is 36.6 Å². The maximum atomic E-state index is 14.8. The number of carbonyl (C=O) groups excluding carboxylic acids is 1. The summed E-state index contributed by atoms with van der Waals surface area (Å²) in [7, 11) is 0.